The number of halogens is 1. The molecule has 0 saturated heterocycles. The number of hydrogen-bond donors (Lipinski definition) is 0. The first kappa shape index (κ1) is 10.8. The first-order valence-corrected chi connectivity index (χ1v) is 5.61. The van der Waals surface area contributed by atoms with Crippen molar-refractivity contribution in [3.05, 3.63) is 40.7 Å². The molecule has 1 aromatic heterocycles. The van der Waals surface area contributed by atoms with Crippen molar-refractivity contribution in [2.45, 2.75) is 13.3 Å². The molecular weight excluding hydrogens is 223 g/mol. The largest absolute Gasteiger partial charge is 0.241 e. The van der Waals surface area contributed by atoms with E-state index in [2.05, 4.69) is 11.1 Å². The molecule has 0 atom stereocenters. The van der Waals surface area contributed by atoms with E-state index in [1.807, 2.05) is 6.92 Å². The van der Waals surface area contributed by atoms with Crippen LogP contribution < -0.4 is 0 Å². The van der Waals surface area contributed by atoms with Gasteiger partial charge in [-0.15, -0.1) is 11.3 Å². The van der Waals surface area contributed by atoms with Crippen molar-refractivity contribution in [3.63, 3.8) is 0 Å². The van der Waals surface area contributed by atoms with Crippen LogP contribution in [0.2, 0.25) is 0 Å². The minimum Gasteiger partial charge on any atom is -0.241 e. The van der Waals surface area contributed by atoms with Crippen LogP contribution in [0.1, 0.15) is 10.6 Å². The van der Waals surface area contributed by atoms with E-state index in [9.17, 15) is 4.39 Å². The zero-order valence-corrected chi connectivity index (χ0v) is 9.51. The highest BCUT2D eigenvalue weighted by Crippen LogP contribution is 2.28. The van der Waals surface area contributed by atoms with Gasteiger partial charge in [0.25, 0.3) is 0 Å². The molecule has 0 aliphatic rings. The number of nitriles is 1. The molecule has 0 unspecified atom stereocenters. The second-order valence-corrected chi connectivity index (χ2v) is 4.45. The number of rotatable bonds is 2. The third kappa shape index (κ3) is 2.10. The number of aromatic nitrogens is 1. The van der Waals surface area contributed by atoms with E-state index in [-0.39, 0.29) is 5.82 Å². The summed E-state index contributed by atoms with van der Waals surface area (Å²) in [6.07, 6.45) is 0.380. The fourth-order valence-corrected chi connectivity index (χ4v) is 2.38. The monoisotopic (exact) mass is 232 g/mol. The molecule has 0 N–H and O–H groups in total. The maximum absolute atomic E-state index is 12.7. The van der Waals surface area contributed by atoms with Crippen molar-refractivity contribution in [2.75, 3.05) is 0 Å². The van der Waals surface area contributed by atoms with E-state index in [4.69, 9.17) is 5.26 Å². The lowest BCUT2D eigenvalue weighted by Crippen LogP contribution is -1.80. The lowest BCUT2D eigenvalue weighted by molar-refractivity contribution is 0.628. The Labute approximate surface area is 97.0 Å². The van der Waals surface area contributed by atoms with Crippen LogP contribution in [-0.4, -0.2) is 4.98 Å². The Balaban J connectivity index is 2.38. The van der Waals surface area contributed by atoms with Gasteiger partial charge in [0.05, 0.1) is 18.2 Å². The molecule has 1 aromatic carbocycles. The molecule has 4 heteroatoms. The van der Waals surface area contributed by atoms with Crippen LogP contribution in [0.3, 0.4) is 0 Å². The van der Waals surface area contributed by atoms with E-state index in [0.29, 0.717) is 6.42 Å². The quantitative estimate of drug-likeness (QED) is 0.796. The Hall–Kier alpha value is -1.73. The molecule has 0 amide bonds. The summed E-state index contributed by atoms with van der Waals surface area (Å²) >= 11 is 1.49. The van der Waals surface area contributed by atoms with E-state index in [1.54, 1.807) is 12.1 Å². The van der Waals surface area contributed by atoms with Crippen LogP contribution in [0.5, 0.6) is 0 Å². The zero-order chi connectivity index (χ0) is 11.5. The number of hydrogen-bond acceptors (Lipinski definition) is 3. The normalized spacial score (nSPS) is 10.1. The highest BCUT2D eigenvalue weighted by molar-refractivity contribution is 7.15. The molecule has 16 heavy (non-hydrogen) atoms. The van der Waals surface area contributed by atoms with Gasteiger partial charge in [0, 0.05) is 10.4 Å². The third-order valence-electron chi connectivity index (χ3n) is 2.22. The van der Waals surface area contributed by atoms with Crippen molar-refractivity contribution < 1.29 is 4.39 Å². The van der Waals surface area contributed by atoms with Crippen LogP contribution in [0.15, 0.2) is 24.3 Å². The van der Waals surface area contributed by atoms with Gasteiger partial charge < -0.3 is 0 Å². The van der Waals surface area contributed by atoms with Crippen molar-refractivity contribution in [1.29, 1.82) is 5.26 Å². The lowest BCUT2D eigenvalue weighted by atomic mass is 10.2. The second kappa shape index (κ2) is 4.42. The predicted octanol–water partition coefficient (Wildman–Crippen LogP) is 3.32. The van der Waals surface area contributed by atoms with Crippen LogP contribution in [0.4, 0.5) is 4.39 Å². The van der Waals surface area contributed by atoms with Gasteiger partial charge in [-0.1, -0.05) is 0 Å². The summed E-state index contributed by atoms with van der Waals surface area (Å²) in [6.45, 7) is 1.89. The van der Waals surface area contributed by atoms with Crippen molar-refractivity contribution >= 4 is 11.3 Å². The first-order chi connectivity index (χ1) is 7.70. The van der Waals surface area contributed by atoms with Gasteiger partial charge in [-0.25, -0.2) is 9.37 Å². The van der Waals surface area contributed by atoms with Crippen LogP contribution in [-0.2, 0) is 6.42 Å². The number of nitrogens with zero attached hydrogens (tertiary/aromatic N) is 2. The standard InChI is InChI=1S/C12H9FN2S/c1-8-11(6-7-14)16-12(15-8)9-2-4-10(13)5-3-9/h2-5H,6H2,1H3. The maximum Gasteiger partial charge on any atom is 0.123 e. The molecule has 0 bridgehead atoms. The molecular formula is C12H9FN2S. The molecule has 2 aromatic rings. The Morgan fingerprint density at radius 2 is 2.06 bits per heavy atom. The lowest BCUT2D eigenvalue weighted by Gasteiger charge is -1.94. The van der Waals surface area contributed by atoms with E-state index in [0.717, 1.165) is 21.1 Å². The van der Waals surface area contributed by atoms with Gasteiger partial charge in [-0.05, 0) is 31.2 Å². The summed E-state index contributed by atoms with van der Waals surface area (Å²) in [5.74, 6) is -0.255. The molecule has 0 spiro atoms. The maximum atomic E-state index is 12.7. The van der Waals surface area contributed by atoms with Crippen LogP contribution >= 0.6 is 11.3 Å². The van der Waals surface area contributed by atoms with Gasteiger partial charge in [-0.2, -0.15) is 5.26 Å². The molecule has 0 aliphatic heterocycles. The summed E-state index contributed by atoms with van der Waals surface area (Å²) in [4.78, 5) is 5.35. The second-order valence-electron chi connectivity index (χ2n) is 3.37. The summed E-state index contributed by atoms with van der Waals surface area (Å²) in [5, 5.41) is 9.48. The van der Waals surface area contributed by atoms with E-state index < -0.39 is 0 Å². The van der Waals surface area contributed by atoms with Gasteiger partial charge >= 0.3 is 0 Å². The average Bonchev–Trinajstić information content (AvgIpc) is 2.62. The molecule has 0 fully saturated rings. The van der Waals surface area contributed by atoms with Gasteiger partial charge in [0.15, 0.2) is 0 Å². The molecule has 2 nitrogen and oxygen atoms in total. The Morgan fingerprint density at radius 1 is 1.38 bits per heavy atom. The van der Waals surface area contributed by atoms with Gasteiger partial charge in [0.1, 0.15) is 10.8 Å². The molecule has 2 rings (SSSR count). The minimum absolute atomic E-state index is 0.255. The molecule has 1 heterocycles. The Morgan fingerprint density at radius 3 is 2.69 bits per heavy atom. The molecule has 0 radical (unpaired) electrons. The molecule has 0 saturated carbocycles. The minimum atomic E-state index is -0.255. The number of benzene rings is 1. The van der Waals surface area contributed by atoms with Crippen LogP contribution in [0.25, 0.3) is 10.6 Å². The van der Waals surface area contributed by atoms with Crippen molar-refractivity contribution in [3.8, 4) is 16.6 Å². The van der Waals surface area contributed by atoms with Gasteiger partial charge in [-0.3, -0.25) is 0 Å². The predicted molar refractivity (Wildman–Crippen MR) is 61.6 cm³/mol. The van der Waals surface area contributed by atoms with Crippen LogP contribution in [0, 0.1) is 24.1 Å². The fourth-order valence-electron chi connectivity index (χ4n) is 1.38. The summed E-state index contributed by atoms with van der Waals surface area (Å²) in [7, 11) is 0. The highest BCUT2D eigenvalue weighted by Gasteiger charge is 2.08. The average molecular weight is 232 g/mol. The zero-order valence-electron chi connectivity index (χ0n) is 8.70. The smallest absolute Gasteiger partial charge is 0.123 e. The fraction of sp³-hybridized carbons (Fsp3) is 0.167. The Kier molecular flexibility index (Phi) is 2.97. The first-order valence-electron chi connectivity index (χ1n) is 4.80. The third-order valence-corrected chi connectivity index (χ3v) is 3.43. The summed E-state index contributed by atoms with van der Waals surface area (Å²) in [5.41, 5.74) is 1.77. The summed E-state index contributed by atoms with van der Waals surface area (Å²) < 4.78 is 12.7. The molecule has 80 valence electrons. The SMILES string of the molecule is Cc1nc(-c2ccc(F)cc2)sc1CC#N. The number of thiazole rings is 1. The number of aryl methyl sites for hydroxylation is 1. The van der Waals surface area contributed by atoms with E-state index >= 15 is 0 Å². The topological polar surface area (TPSA) is 36.7 Å². The van der Waals surface area contributed by atoms with Crippen molar-refractivity contribution in [2.24, 2.45) is 0 Å². The molecule has 0 aliphatic carbocycles. The highest BCUT2D eigenvalue weighted by atomic mass is 32.1. The Bertz CT molecular complexity index is 537. The van der Waals surface area contributed by atoms with Crippen molar-refractivity contribution in [1.82, 2.24) is 4.98 Å². The van der Waals surface area contributed by atoms with E-state index in [1.165, 1.54) is 23.5 Å². The van der Waals surface area contributed by atoms with Gasteiger partial charge in [0.2, 0.25) is 0 Å². The summed E-state index contributed by atoms with van der Waals surface area (Å²) in [6, 6.07) is 8.33.